The molecular formula is C10H14O2. The van der Waals surface area contributed by atoms with Gasteiger partial charge in [-0.15, -0.1) is 0 Å². The zero-order chi connectivity index (χ0) is 9.35. The number of rotatable bonds is 0. The molecule has 1 rings (SSSR count). The molecule has 0 amide bonds. The van der Waals surface area contributed by atoms with Crippen molar-refractivity contribution in [3.05, 3.63) is 35.3 Å². The Labute approximate surface area is 72.5 Å². The fourth-order valence-corrected chi connectivity index (χ4v) is 1.01. The van der Waals surface area contributed by atoms with Crippen LogP contribution in [0.5, 0.6) is 0 Å². The number of hydrogen-bond donors (Lipinski definition) is 2. The van der Waals surface area contributed by atoms with Gasteiger partial charge in [0.2, 0.25) is 0 Å². The maximum Gasteiger partial charge on any atom is 0.126 e. The smallest absolute Gasteiger partial charge is 0.126 e. The fourth-order valence-electron chi connectivity index (χ4n) is 1.01. The Morgan fingerprint density at radius 3 is 2.25 bits per heavy atom. The van der Waals surface area contributed by atoms with Crippen molar-refractivity contribution in [3.63, 3.8) is 0 Å². The van der Waals surface area contributed by atoms with Gasteiger partial charge in [-0.25, -0.2) is 0 Å². The summed E-state index contributed by atoms with van der Waals surface area (Å²) in [6, 6.07) is 0. The zero-order valence-electron chi connectivity index (χ0n) is 7.63. The van der Waals surface area contributed by atoms with E-state index in [1.54, 1.807) is 18.2 Å². The maximum atomic E-state index is 9.68. The molecule has 0 aromatic carbocycles. The molecule has 0 saturated heterocycles. The lowest BCUT2D eigenvalue weighted by molar-refractivity contribution is 0.269. The first-order valence-corrected chi connectivity index (χ1v) is 3.94. The van der Waals surface area contributed by atoms with E-state index in [9.17, 15) is 10.2 Å². The number of hydrogen-bond acceptors (Lipinski definition) is 2. The van der Waals surface area contributed by atoms with Crippen LogP contribution in [-0.2, 0) is 0 Å². The molecule has 0 radical (unpaired) electrons. The molecule has 0 spiro atoms. The van der Waals surface area contributed by atoms with Crippen LogP contribution in [0.25, 0.3) is 0 Å². The molecule has 0 aliphatic heterocycles. The van der Waals surface area contributed by atoms with Crippen LogP contribution in [0.2, 0.25) is 0 Å². The van der Waals surface area contributed by atoms with Crippen molar-refractivity contribution in [2.75, 3.05) is 0 Å². The topological polar surface area (TPSA) is 40.5 Å². The zero-order valence-corrected chi connectivity index (χ0v) is 7.63. The highest BCUT2D eigenvalue weighted by molar-refractivity contribution is 5.46. The maximum absolute atomic E-state index is 9.68. The Morgan fingerprint density at radius 2 is 1.92 bits per heavy atom. The predicted molar refractivity (Wildman–Crippen MR) is 49.0 cm³/mol. The predicted octanol–water partition coefficient (Wildman–Crippen LogP) is 2.86. The normalized spacial score (nSPS) is 21.1. The van der Waals surface area contributed by atoms with E-state index >= 15 is 0 Å². The number of allylic oxidation sites excluding steroid dienone is 4. The van der Waals surface area contributed by atoms with Gasteiger partial charge in [-0.3, -0.25) is 0 Å². The van der Waals surface area contributed by atoms with E-state index in [0.29, 0.717) is 5.57 Å². The van der Waals surface area contributed by atoms with Crippen LogP contribution in [0.15, 0.2) is 35.3 Å². The third-order valence-corrected chi connectivity index (χ3v) is 1.76. The van der Waals surface area contributed by atoms with E-state index in [0.717, 1.165) is 0 Å². The largest absolute Gasteiger partial charge is 0.511 e. The Hall–Kier alpha value is -1.18. The standard InChI is InChI=1S/C10H14O2/c1-10(2,3)9(12)7-5-4-6-8(7)11/h4-6,11-12H,1-3H3. The summed E-state index contributed by atoms with van der Waals surface area (Å²) in [5.74, 6) is 0.368. The van der Waals surface area contributed by atoms with E-state index in [1.807, 2.05) is 20.8 Å². The van der Waals surface area contributed by atoms with Crippen molar-refractivity contribution in [3.8, 4) is 0 Å². The summed E-state index contributed by atoms with van der Waals surface area (Å²) in [7, 11) is 0. The molecule has 2 heteroatoms. The second-order valence-corrected chi connectivity index (χ2v) is 3.92. The minimum absolute atomic E-state index is 0.141. The molecule has 0 bridgehead atoms. The van der Waals surface area contributed by atoms with Gasteiger partial charge in [-0.2, -0.15) is 0 Å². The molecule has 1 aliphatic carbocycles. The molecule has 0 unspecified atom stereocenters. The summed E-state index contributed by atoms with van der Waals surface area (Å²) < 4.78 is 0. The average Bonchev–Trinajstić information content (AvgIpc) is 2.31. The molecule has 0 saturated carbocycles. The van der Waals surface area contributed by atoms with Gasteiger partial charge >= 0.3 is 0 Å². The van der Waals surface area contributed by atoms with Crippen LogP contribution < -0.4 is 0 Å². The SMILES string of the molecule is CC(C)(C)C(O)=C1C=CC=C1O. The van der Waals surface area contributed by atoms with Crippen LogP contribution in [0, 0.1) is 5.41 Å². The molecule has 0 aromatic rings. The summed E-state index contributed by atoms with van der Waals surface area (Å²) in [6.45, 7) is 5.69. The molecule has 0 fully saturated rings. The van der Waals surface area contributed by atoms with E-state index in [2.05, 4.69) is 0 Å². The third kappa shape index (κ3) is 1.52. The summed E-state index contributed by atoms with van der Waals surface area (Å²) in [5.41, 5.74) is 0.216. The van der Waals surface area contributed by atoms with Crippen molar-refractivity contribution >= 4 is 0 Å². The van der Waals surface area contributed by atoms with Crippen LogP contribution in [0.4, 0.5) is 0 Å². The lowest BCUT2D eigenvalue weighted by Gasteiger charge is -2.19. The molecule has 0 atom stereocenters. The van der Waals surface area contributed by atoms with Gasteiger partial charge in [0.1, 0.15) is 11.5 Å². The van der Waals surface area contributed by atoms with Crippen molar-refractivity contribution in [1.29, 1.82) is 0 Å². The van der Waals surface area contributed by atoms with Gasteiger partial charge in [0, 0.05) is 5.41 Å². The number of aliphatic hydroxyl groups is 2. The van der Waals surface area contributed by atoms with Crippen molar-refractivity contribution < 1.29 is 10.2 Å². The number of aliphatic hydroxyl groups excluding tert-OH is 2. The Balaban J connectivity index is 3.08. The van der Waals surface area contributed by atoms with Gasteiger partial charge in [0.05, 0.1) is 5.57 Å². The van der Waals surface area contributed by atoms with E-state index in [4.69, 9.17) is 0 Å². The van der Waals surface area contributed by atoms with Crippen LogP contribution in [-0.4, -0.2) is 10.2 Å². The average molecular weight is 166 g/mol. The van der Waals surface area contributed by atoms with Gasteiger partial charge in [-0.05, 0) is 12.2 Å². The highest BCUT2D eigenvalue weighted by Gasteiger charge is 2.22. The quantitative estimate of drug-likeness (QED) is 0.543. The van der Waals surface area contributed by atoms with E-state index in [1.165, 1.54) is 0 Å². The highest BCUT2D eigenvalue weighted by Crippen LogP contribution is 2.30. The molecule has 1 aliphatic rings. The Bertz CT molecular complexity index is 275. The second kappa shape index (κ2) is 2.70. The Kier molecular flexibility index (Phi) is 2.01. The highest BCUT2D eigenvalue weighted by atomic mass is 16.3. The van der Waals surface area contributed by atoms with Crippen molar-refractivity contribution in [2.45, 2.75) is 20.8 Å². The summed E-state index contributed by atoms with van der Waals surface area (Å²) in [4.78, 5) is 0. The van der Waals surface area contributed by atoms with Crippen LogP contribution >= 0.6 is 0 Å². The lowest BCUT2D eigenvalue weighted by atomic mass is 9.90. The molecular weight excluding hydrogens is 152 g/mol. The van der Waals surface area contributed by atoms with Crippen molar-refractivity contribution in [1.82, 2.24) is 0 Å². The van der Waals surface area contributed by atoms with Crippen molar-refractivity contribution in [2.24, 2.45) is 5.41 Å². The van der Waals surface area contributed by atoms with Gasteiger partial charge in [0.25, 0.3) is 0 Å². The summed E-state index contributed by atoms with van der Waals surface area (Å²) in [6.07, 6.45) is 4.99. The summed E-state index contributed by atoms with van der Waals surface area (Å²) >= 11 is 0. The molecule has 0 aromatic heterocycles. The fraction of sp³-hybridized carbons (Fsp3) is 0.400. The molecule has 2 nitrogen and oxygen atoms in total. The second-order valence-electron chi connectivity index (χ2n) is 3.92. The molecule has 2 N–H and O–H groups in total. The van der Waals surface area contributed by atoms with E-state index < -0.39 is 0 Å². The Morgan fingerprint density at radius 1 is 1.33 bits per heavy atom. The first-order valence-electron chi connectivity index (χ1n) is 3.94. The lowest BCUT2D eigenvalue weighted by Crippen LogP contribution is -2.11. The van der Waals surface area contributed by atoms with Gasteiger partial charge < -0.3 is 10.2 Å². The monoisotopic (exact) mass is 166 g/mol. The molecule has 66 valence electrons. The van der Waals surface area contributed by atoms with Crippen LogP contribution in [0.1, 0.15) is 20.8 Å². The third-order valence-electron chi connectivity index (χ3n) is 1.76. The first kappa shape index (κ1) is 8.91. The molecule has 0 heterocycles. The minimum Gasteiger partial charge on any atom is -0.511 e. The molecule has 12 heavy (non-hydrogen) atoms. The van der Waals surface area contributed by atoms with Gasteiger partial charge in [-0.1, -0.05) is 26.8 Å². The van der Waals surface area contributed by atoms with Crippen LogP contribution in [0.3, 0.4) is 0 Å². The minimum atomic E-state index is -0.314. The first-order chi connectivity index (χ1) is 5.43. The van der Waals surface area contributed by atoms with E-state index in [-0.39, 0.29) is 16.9 Å². The van der Waals surface area contributed by atoms with Gasteiger partial charge in [0.15, 0.2) is 0 Å². The summed E-state index contributed by atoms with van der Waals surface area (Å²) in [5, 5.41) is 19.0.